The number of nitrogens with zero attached hydrogens (tertiary/aromatic N) is 2. The van der Waals surface area contributed by atoms with E-state index in [0.717, 1.165) is 27.8 Å². The zero-order valence-corrected chi connectivity index (χ0v) is 14.4. The number of hydrogen-bond donors (Lipinski definition) is 0. The Morgan fingerprint density at radius 1 is 1.14 bits per heavy atom. The number of imidazole rings is 1. The summed E-state index contributed by atoms with van der Waals surface area (Å²) < 4.78 is 3.27. The van der Waals surface area contributed by atoms with Crippen LogP contribution in [0, 0.1) is 13.8 Å². The van der Waals surface area contributed by atoms with Crippen LogP contribution in [0.3, 0.4) is 0 Å². The number of aromatic nitrogens is 2. The molecule has 0 aliphatic rings. The van der Waals surface area contributed by atoms with Crippen LogP contribution in [-0.2, 0) is 6.42 Å². The molecule has 0 aliphatic carbocycles. The molecular formula is C17H16BrClN2. The molecule has 0 saturated heterocycles. The van der Waals surface area contributed by atoms with Crippen molar-refractivity contribution in [2.24, 2.45) is 0 Å². The molecule has 3 aromatic rings. The van der Waals surface area contributed by atoms with E-state index < -0.39 is 0 Å². The van der Waals surface area contributed by atoms with Gasteiger partial charge in [0.25, 0.3) is 0 Å². The first-order chi connectivity index (χ1) is 10.1. The SMILES string of the molecule is Cc1ccc(C)c(-n2c(CCCl)nc3cc(Br)ccc32)c1. The Bertz CT molecular complexity index is 808. The molecule has 0 fully saturated rings. The fourth-order valence-electron chi connectivity index (χ4n) is 2.58. The van der Waals surface area contributed by atoms with E-state index in [4.69, 9.17) is 16.6 Å². The van der Waals surface area contributed by atoms with Gasteiger partial charge in [0.15, 0.2) is 0 Å². The number of hydrogen-bond acceptors (Lipinski definition) is 1. The fraction of sp³-hybridized carbons (Fsp3) is 0.235. The van der Waals surface area contributed by atoms with E-state index in [1.54, 1.807) is 0 Å². The maximum Gasteiger partial charge on any atom is 0.115 e. The molecule has 0 amide bonds. The van der Waals surface area contributed by atoms with Crippen molar-refractivity contribution in [2.45, 2.75) is 20.3 Å². The lowest BCUT2D eigenvalue weighted by molar-refractivity contribution is 0.906. The summed E-state index contributed by atoms with van der Waals surface area (Å²) in [5.41, 5.74) is 5.77. The van der Waals surface area contributed by atoms with Crippen LogP contribution in [0.15, 0.2) is 40.9 Å². The highest BCUT2D eigenvalue weighted by Crippen LogP contribution is 2.27. The Morgan fingerprint density at radius 2 is 1.95 bits per heavy atom. The molecule has 0 saturated carbocycles. The zero-order chi connectivity index (χ0) is 15.0. The third-order valence-corrected chi connectivity index (χ3v) is 4.29. The standard InChI is InChI=1S/C17H16BrClN2/c1-11-3-4-12(2)16(9-11)21-15-6-5-13(18)10-14(15)20-17(21)7-8-19/h3-6,9-10H,7-8H2,1-2H3. The summed E-state index contributed by atoms with van der Waals surface area (Å²) in [4.78, 5) is 4.76. The quantitative estimate of drug-likeness (QED) is 0.586. The molecule has 1 heterocycles. The average molecular weight is 364 g/mol. The largest absolute Gasteiger partial charge is 0.296 e. The summed E-state index contributed by atoms with van der Waals surface area (Å²) >= 11 is 9.48. The summed E-state index contributed by atoms with van der Waals surface area (Å²) in [6.45, 7) is 4.24. The molecule has 0 unspecified atom stereocenters. The van der Waals surface area contributed by atoms with Gasteiger partial charge in [0.05, 0.1) is 16.7 Å². The van der Waals surface area contributed by atoms with Crippen molar-refractivity contribution >= 4 is 38.6 Å². The first-order valence-electron chi connectivity index (χ1n) is 6.90. The van der Waals surface area contributed by atoms with E-state index in [1.165, 1.54) is 16.8 Å². The van der Waals surface area contributed by atoms with E-state index in [0.29, 0.717) is 5.88 Å². The van der Waals surface area contributed by atoms with Gasteiger partial charge in [0.1, 0.15) is 5.82 Å². The summed E-state index contributed by atoms with van der Waals surface area (Å²) in [5, 5.41) is 0. The number of fused-ring (bicyclic) bond motifs is 1. The number of benzene rings is 2. The lowest BCUT2D eigenvalue weighted by Gasteiger charge is -2.12. The first kappa shape index (κ1) is 14.6. The van der Waals surface area contributed by atoms with Crippen LogP contribution in [0.4, 0.5) is 0 Å². The Labute approximate surface area is 137 Å². The van der Waals surface area contributed by atoms with E-state index >= 15 is 0 Å². The molecule has 3 rings (SSSR count). The van der Waals surface area contributed by atoms with Crippen LogP contribution in [0.1, 0.15) is 17.0 Å². The van der Waals surface area contributed by atoms with Crippen LogP contribution in [0.5, 0.6) is 0 Å². The number of aryl methyl sites for hydroxylation is 3. The summed E-state index contributed by atoms with van der Waals surface area (Å²) in [5.74, 6) is 1.57. The van der Waals surface area contributed by atoms with Crippen LogP contribution < -0.4 is 0 Å². The Morgan fingerprint density at radius 3 is 2.71 bits per heavy atom. The second-order valence-corrected chi connectivity index (χ2v) is 6.52. The summed E-state index contributed by atoms with van der Waals surface area (Å²) in [6.07, 6.45) is 0.751. The average Bonchev–Trinajstić information content (AvgIpc) is 2.79. The van der Waals surface area contributed by atoms with Crippen LogP contribution in [-0.4, -0.2) is 15.4 Å². The maximum atomic E-state index is 5.96. The van der Waals surface area contributed by atoms with Gasteiger partial charge in [0, 0.05) is 16.8 Å². The van der Waals surface area contributed by atoms with Crippen molar-refractivity contribution in [3.63, 3.8) is 0 Å². The molecule has 4 heteroatoms. The topological polar surface area (TPSA) is 17.8 Å². The molecule has 0 atom stereocenters. The summed E-state index contributed by atoms with van der Waals surface area (Å²) in [6, 6.07) is 12.7. The molecule has 1 aromatic heterocycles. The molecule has 21 heavy (non-hydrogen) atoms. The highest BCUT2D eigenvalue weighted by atomic mass is 79.9. The fourth-order valence-corrected chi connectivity index (χ4v) is 3.10. The van der Waals surface area contributed by atoms with E-state index in [1.807, 2.05) is 0 Å². The third-order valence-electron chi connectivity index (χ3n) is 3.61. The monoisotopic (exact) mass is 362 g/mol. The van der Waals surface area contributed by atoms with Gasteiger partial charge in [-0.3, -0.25) is 4.57 Å². The molecule has 0 N–H and O–H groups in total. The minimum atomic E-state index is 0.565. The van der Waals surface area contributed by atoms with Gasteiger partial charge in [-0.1, -0.05) is 28.1 Å². The van der Waals surface area contributed by atoms with Crippen molar-refractivity contribution < 1.29 is 0 Å². The number of halogens is 2. The minimum Gasteiger partial charge on any atom is -0.296 e. The molecule has 0 aliphatic heterocycles. The normalized spacial score (nSPS) is 11.2. The molecular weight excluding hydrogens is 348 g/mol. The smallest absolute Gasteiger partial charge is 0.115 e. The van der Waals surface area contributed by atoms with Crippen molar-refractivity contribution in [2.75, 3.05) is 5.88 Å². The Hall–Kier alpha value is -1.32. The third kappa shape index (κ3) is 2.72. The van der Waals surface area contributed by atoms with Crippen LogP contribution in [0.25, 0.3) is 16.7 Å². The second kappa shape index (κ2) is 5.82. The van der Waals surface area contributed by atoms with E-state index in [-0.39, 0.29) is 0 Å². The van der Waals surface area contributed by atoms with E-state index in [9.17, 15) is 0 Å². The number of alkyl halides is 1. The van der Waals surface area contributed by atoms with Gasteiger partial charge >= 0.3 is 0 Å². The predicted molar refractivity (Wildman–Crippen MR) is 92.7 cm³/mol. The van der Waals surface area contributed by atoms with Crippen molar-refractivity contribution in [3.05, 3.63) is 57.8 Å². The highest BCUT2D eigenvalue weighted by molar-refractivity contribution is 9.10. The molecule has 2 aromatic carbocycles. The van der Waals surface area contributed by atoms with Gasteiger partial charge in [-0.15, -0.1) is 11.6 Å². The van der Waals surface area contributed by atoms with Gasteiger partial charge in [-0.25, -0.2) is 4.98 Å². The van der Waals surface area contributed by atoms with Crippen LogP contribution in [0.2, 0.25) is 0 Å². The van der Waals surface area contributed by atoms with Gasteiger partial charge in [-0.05, 0) is 49.2 Å². The Balaban J connectivity index is 2.33. The highest BCUT2D eigenvalue weighted by Gasteiger charge is 2.14. The molecule has 108 valence electrons. The minimum absolute atomic E-state index is 0.565. The van der Waals surface area contributed by atoms with Crippen LogP contribution >= 0.6 is 27.5 Å². The summed E-state index contributed by atoms with van der Waals surface area (Å²) in [7, 11) is 0. The van der Waals surface area contributed by atoms with Crippen molar-refractivity contribution in [1.82, 2.24) is 9.55 Å². The molecule has 2 nitrogen and oxygen atoms in total. The Kier molecular flexibility index (Phi) is 4.05. The lowest BCUT2D eigenvalue weighted by atomic mass is 10.1. The maximum absolute atomic E-state index is 5.96. The van der Waals surface area contributed by atoms with Crippen molar-refractivity contribution in [3.8, 4) is 5.69 Å². The first-order valence-corrected chi connectivity index (χ1v) is 8.23. The molecule has 0 radical (unpaired) electrons. The zero-order valence-electron chi connectivity index (χ0n) is 12.0. The van der Waals surface area contributed by atoms with E-state index in [2.05, 4.69) is 70.7 Å². The van der Waals surface area contributed by atoms with Crippen molar-refractivity contribution in [1.29, 1.82) is 0 Å². The van der Waals surface area contributed by atoms with Gasteiger partial charge in [-0.2, -0.15) is 0 Å². The lowest BCUT2D eigenvalue weighted by Crippen LogP contribution is -2.04. The number of rotatable bonds is 3. The van der Waals surface area contributed by atoms with Gasteiger partial charge in [0.2, 0.25) is 0 Å². The molecule has 0 spiro atoms. The second-order valence-electron chi connectivity index (χ2n) is 5.23. The molecule has 0 bridgehead atoms. The predicted octanol–water partition coefficient (Wildman–Crippen LogP) is 5.19. The van der Waals surface area contributed by atoms with Gasteiger partial charge < -0.3 is 0 Å².